The fourth-order valence-corrected chi connectivity index (χ4v) is 8.49. The maximum Gasteiger partial charge on any atom is 0.160 e. The second kappa shape index (κ2) is 13.2. The fraction of sp³-hybridized carbons (Fsp3) is 0.0192. The molecule has 0 bridgehead atoms. The molecule has 3 nitrogen and oxygen atoms in total. The highest BCUT2D eigenvalue weighted by atomic mass is 14.9. The summed E-state index contributed by atoms with van der Waals surface area (Å²) in [6, 6.07) is 72.7. The van der Waals surface area contributed by atoms with E-state index in [1.807, 2.05) is 24.3 Å². The zero-order chi connectivity index (χ0) is 36.8. The largest absolute Gasteiger partial charge is 0.228 e. The van der Waals surface area contributed by atoms with Crippen molar-refractivity contribution in [2.75, 3.05) is 0 Å². The van der Waals surface area contributed by atoms with E-state index in [0.717, 1.165) is 50.3 Å². The Morgan fingerprint density at radius 2 is 1.00 bits per heavy atom. The maximum atomic E-state index is 9.98. The molecule has 0 spiro atoms. The minimum atomic E-state index is -0.592. The first-order chi connectivity index (χ1) is 27.2. The van der Waals surface area contributed by atoms with Crippen molar-refractivity contribution >= 4 is 10.8 Å². The van der Waals surface area contributed by atoms with Crippen molar-refractivity contribution in [3.63, 3.8) is 0 Å². The molecule has 0 saturated heterocycles. The molecule has 55 heavy (non-hydrogen) atoms. The van der Waals surface area contributed by atoms with Crippen LogP contribution in [0.1, 0.15) is 27.8 Å². The quantitative estimate of drug-likeness (QED) is 0.174. The second-order valence-electron chi connectivity index (χ2n) is 14.1. The van der Waals surface area contributed by atoms with Gasteiger partial charge in [0.1, 0.15) is 0 Å². The number of hydrogen-bond donors (Lipinski definition) is 0. The number of hydrogen-bond acceptors (Lipinski definition) is 3. The number of nitriles is 1. The van der Waals surface area contributed by atoms with Gasteiger partial charge < -0.3 is 0 Å². The van der Waals surface area contributed by atoms with E-state index in [4.69, 9.17) is 9.97 Å². The van der Waals surface area contributed by atoms with Crippen LogP contribution in [0.5, 0.6) is 0 Å². The first-order valence-electron chi connectivity index (χ1n) is 18.5. The normalized spacial score (nSPS) is 12.5. The first-order valence-corrected chi connectivity index (χ1v) is 18.5. The van der Waals surface area contributed by atoms with E-state index in [9.17, 15) is 5.26 Å². The zero-order valence-corrected chi connectivity index (χ0v) is 29.9. The molecule has 3 heteroatoms. The molecule has 256 valence electrons. The van der Waals surface area contributed by atoms with E-state index in [-0.39, 0.29) is 0 Å². The van der Waals surface area contributed by atoms with Crippen molar-refractivity contribution in [2.24, 2.45) is 0 Å². The Labute approximate surface area is 320 Å². The molecule has 0 amide bonds. The molecule has 1 aliphatic carbocycles. The number of fused-ring (bicyclic) bond motifs is 4. The van der Waals surface area contributed by atoms with Gasteiger partial charge in [-0.2, -0.15) is 5.26 Å². The van der Waals surface area contributed by atoms with Crippen LogP contribution in [-0.4, -0.2) is 9.97 Å². The standard InChI is InChI=1S/C52H33N3/c53-34-35-24-29-47-46(30-35)44-28-27-39(32-48(44)52(47,41-18-6-2-7-19-41)42-20-8-3-9-21-42)43-22-12-13-23-45(43)50-33-49(54-51(55-50)37-15-4-1-5-16-37)40-26-25-36-14-10-11-17-38(36)31-40/h1-33H. The van der Waals surface area contributed by atoms with E-state index >= 15 is 0 Å². The van der Waals surface area contributed by atoms with E-state index in [0.29, 0.717) is 11.4 Å². The average molecular weight is 700 g/mol. The molecule has 8 aromatic carbocycles. The van der Waals surface area contributed by atoms with Crippen LogP contribution in [0.3, 0.4) is 0 Å². The maximum absolute atomic E-state index is 9.98. The molecule has 10 rings (SSSR count). The predicted molar refractivity (Wildman–Crippen MR) is 223 cm³/mol. The van der Waals surface area contributed by atoms with Crippen LogP contribution >= 0.6 is 0 Å². The lowest BCUT2D eigenvalue weighted by atomic mass is 9.67. The van der Waals surface area contributed by atoms with Crippen molar-refractivity contribution in [3.05, 3.63) is 228 Å². The van der Waals surface area contributed by atoms with Crippen LogP contribution < -0.4 is 0 Å². The second-order valence-corrected chi connectivity index (χ2v) is 14.1. The minimum Gasteiger partial charge on any atom is -0.228 e. The molecule has 1 aromatic heterocycles. The Kier molecular flexibility index (Phi) is 7.75. The van der Waals surface area contributed by atoms with E-state index in [1.54, 1.807) is 0 Å². The van der Waals surface area contributed by atoms with Gasteiger partial charge in [-0.25, -0.2) is 9.97 Å². The van der Waals surface area contributed by atoms with Crippen molar-refractivity contribution in [1.82, 2.24) is 9.97 Å². The van der Waals surface area contributed by atoms with Crippen molar-refractivity contribution in [1.29, 1.82) is 5.26 Å². The highest BCUT2D eigenvalue weighted by Crippen LogP contribution is 2.57. The van der Waals surface area contributed by atoms with Crippen LogP contribution in [-0.2, 0) is 5.41 Å². The monoisotopic (exact) mass is 699 g/mol. The lowest BCUT2D eigenvalue weighted by Gasteiger charge is -2.34. The van der Waals surface area contributed by atoms with Gasteiger partial charge in [0.15, 0.2) is 5.82 Å². The topological polar surface area (TPSA) is 49.6 Å². The summed E-state index contributed by atoms with van der Waals surface area (Å²) in [7, 11) is 0. The molecule has 1 aliphatic rings. The van der Waals surface area contributed by atoms with Crippen LogP contribution in [0.2, 0.25) is 0 Å². The van der Waals surface area contributed by atoms with Crippen LogP contribution in [0, 0.1) is 11.3 Å². The van der Waals surface area contributed by atoms with Crippen molar-refractivity contribution in [3.8, 4) is 62.2 Å². The SMILES string of the molecule is N#Cc1ccc2c(c1)-c1ccc(-c3ccccc3-c3cc(-c4ccc5ccccc5c4)nc(-c4ccccc4)n3)cc1C2(c1ccccc1)c1ccccc1. The number of benzene rings is 8. The first kappa shape index (κ1) is 32.3. The zero-order valence-electron chi connectivity index (χ0n) is 29.9. The Balaban J connectivity index is 1.20. The summed E-state index contributed by atoms with van der Waals surface area (Å²) >= 11 is 0. The molecule has 0 atom stereocenters. The van der Waals surface area contributed by atoms with Gasteiger partial charge in [0, 0.05) is 16.7 Å². The van der Waals surface area contributed by atoms with Crippen molar-refractivity contribution < 1.29 is 0 Å². The summed E-state index contributed by atoms with van der Waals surface area (Å²) in [5, 5.41) is 12.3. The molecular formula is C52H33N3. The Bertz CT molecular complexity index is 2890. The van der Waals surface area contributed by atoms with Gasteiger partial charge in [-0.1, -0.05) is 170 Å². The molecule has 0 fully saturated rings. The average Bonchev–Trinajstić information content (AvgIpc) is 3.56. The van der Waals surface area contributed by atoms with E-state index < -0.39 is 5.41 Å². The summed E-state index contributed by atoms with van der Waals surface area (Å²) in [4.78, 5) is 10.4. The summed E-state index contributed by atoms with van der Waals surface area (Å²) in [6.45, 7) is 0. The molecule has 9 aromatic rings. The number of aromatic nitrogens is 2. The van der Waals surface area contributed by atoms with E-state index in [1.165, 1.54) is 33.0 Å². The number of nitrogens with zero attached hydrogens (tertiary/aromatic N) is 3. The fourth-order valence-electron chi connectivity index (χ4n) is 8.49. The lowest BCUT2D eigenvalue weighted by Crippen LogP contribution is -2.28. The molecule has 0 aliphatic heterocycles. The Hall–Kier alpha value is -7.41. The van der Waals surface area contributed by atoms with Gasteiger partial charge in [0.25, 0.3) is 0 Å². The molecule has 0 N–H and O–H groups in total. The van der Waals surface area contributed by atoms with Crippen LogP contribution in [0.4, 0.5) is 0 Å². The summed E-state index contributed by atoms with van der Waals surface area (Å²) in [6.07, 6.45) is 0. The van der Waals surface area contributed by atoms with Crippen molar-refractivity contribution in [2.45, 2.75) is 5.41 Å². The molecule has 0 saturated carbocycles. The Morgan fingerprint density at radius 3 is 1.73 bits per heavy atom. The van der Waals surface area contributed by atoms with E-state index in [2.05, 4.69) is 182 Å². The van der Waals surface area contributed by atoms with Gasteiger partial charge in [0.2, 0.25) is 0 Å². The molecule has 0 unspecified atom stereocenters. The summed E-state index contributed by atoms with van der Waals surface area (Å²) in [5.74, 6) is 0.681. The molecular weight excluding hydrogens is 667 g/mol. The Morgan fingerprint density at radius 1 is 0.382 bits per heavy atom. The predicted octanol–water partition coefficient (Wildman–Crippen LogP) is 12.5. The van der Waals surface area contributed by atoms with Crippen LogP contribution in [0.25, 0.3) is 66.9 Å². The summed E-state index contributed by atoms with van der Waals surface area (Å²) < 4.78 is 0. The third kappa shape index (κ3) is 5.35. The smallest absolute Gasteiger partial charge is 0.160 e. The van der Waals surface area contributed by atoms with Gasteiger partial charge in [0.05, 0.1) is 28.4 Å². The third-order valence-electron chi connectivity index (χ3n) is 11.0. The molecule has 1 heterocycles. The summed E-state index contributed by atoms with van der Waals surface area (Å²) in [5.41, 5.74) is 13.9. The number of rotatable bonds is 6. The van der Waals surface area contributed by atoms with Gasteiger partial charge in [-0.3, -0.25) is 0 Å². The van der Waals surface area contributed by atoms with Gasteiger partial charge in [-0.05, 0) is 85.6 Å². The lowest BCUT2D eigenvalue weighted by molar-refractivity contribution is 0.768. The highest BCUT2D eigenvalue weighted by Gasteiger charge is 2.46. The van der Waals surface area contributed by atoms with Gasteiger partial charge >= 0.3 is 0 Å². The minimum absolute atomic E-state index is 0.592. The molecule has 0 radical (unpaired) electrons. The van der Waals surface area contributed by atoms with Crippen LogP contribution in [0.15, 0.2) is 200 Å². The highest BCUT2D eigenvalue weighted by molar-refractivity contribution is 5.92. The van der Waals surface area contributed by atoms with Gasteiger partial charge in [-0.15, -0.1) is 0 Å². The third-order valence-corrected chi connectivity index (χ3v) is 11.0.